The maximum absolute atomic E-state index is 13.1. The fraction of sp³-hybridized carbons (Fsp3) is 0.462. The van der Waals surface area contributed by atoms with E-state index in [-0.39, 0.29) is 35.5 Å². The van der Waals surface area contributed by atoms with Crippen LogP contribution >= 0.6 is 24.0 Å². The van der Waals surface area contributed by atoms with Gasteiger partial charge in [0.05, 0.1) is 5.75 Å². The molecule has 8 heteroatoms. The highest BCUT2D eigenvalue weighted by Gasteiger charge is 2.04. The zero-order valence-electron chi connectivity index (χ0n) is 12.3. The molecule has 2 N–H and O–H groups in total. The summed E-state index contributed by atoms with van der Waals surface area (Å²) in [6.45, 7) is 2.48. The fourth-order valence-corrected chi connectivity index (χ4v) is 2.05. The van der Waals surface area contributed by atoms with Gasteiger partial charge in [0.25, 0.3) is 0 Å². The summed E-state index contributed by atoms with van der Waals surface area (Å²) < 4.78 is 35.2. The van der Waals surface area contributed by atoms with Crippen LogP contribution in [0, 0.1) is 12.7 Å². The van der Waals surface area contributed by atoms with Crippen LogP contribution < -0.4 is 10.6 Å². The number of hydrogen-bond donors (Lipinski definition) is 2. The van der Waals surface area contributed by atoms with Gasteiger partial charge in [0, 0.05) is 26.4 Å². The second-order valence-corrected chi connectivity index (χ2v) is 6.83. The molecule has 0 aliphatic carbocycles. The summed E-state index contributed by atoms with van der Waals surface area (Å²) in [4.78, 5) is 3.99. The molecular formula is C13H21FIN3O2S. The molecular weight excluding hydrogens is 408 g/mol. The topological polar surface area (TPSA) is 70.6 Å². The van der Waals surface area contributed by atoms with Crippen molar-refractivity contribution >= 4 is 39.8 Å². The van der Waals surface area contributed by atoms with E-state index in [1.54, 1.807) is 26.1 Å². The smallest absolute Gasteiger partial charge is 0.191 e. The third-order valence-electron chi connectivity index (χ3n) is 2.67. The van der Waals surface area contributed by atoms with E-state index in [1.165, 1.54) is 12.3 Å². The van der Waals surface area contributed by atoms with Crippen molar-refractivity contribution in [2.75, 3.05) is 25.6 Å². The molecule has 21 heavy (non-hydrogen) atoms. The number of nitrogens with zero attached hydrogens (tertiary/aromatic N) is 1. The largest absolute Gasteiger partial charge is 0.355 e. The Balaban J connectivity index is 0.00000400. The van der Waals surface area contributed by atoms with Crippen molar-refractivity contribution < 1.29 is 12.8 Å². The zero-order valence-corrected chi connectivity index (χ0v) is 15.5. The van der Waals surface area contributed by atoms with Crippen molar-refractivity contribution in [3.05, 3.63) is 35.1 Å². The van der Waals surface area contributed by atoms with Crippen LogP contribution in [-0.4, -0.2) is 40.0 Å². The molecule has 1 aromatic rings. The van der Waals surface area contributed by atoms with Crippen LogP contribution in [0.4, 0.5) is 4.39 Å². The molecule has 0 amide bonds. The maximum atomic E-state index is 13.1. The standard InChI is InChI=1S/C13H20FN3O2S.HI/c1-10-8-11(4-5-12(10)14)9-17-13(15-2)16-6-7-20(3,18)19;/h4-5,8H,6-7,9H2,1-3H3,(H2,15,16,17);1H. The van der Waals surface area contributed by atoms with Gasteiger partial charge in [-0.1, -0.05) is 12.1 Å². The number of halogens is 2. The number of rotatable bonds is 5. The van der Waals surface area contributed by atoms with Gasteiger partial charge in [0.1, 0.15) is 15.7 Å². The predicted molar refractivity (Wildman–Crippen MR) is 94.5 cm³/mol. The number of aliphatic imine (C=N–C) groups is 1. The van der Waals surface area contributed by atoms with Gasteiger partial charge < -0.3 is 10.6 Å². The Bertz CT molecular complexity index is 591. The number of nitrogens with one attached hydrogen (secondary N) is 2. The SMILES string of the molecule is CN=C(NCCS(C)(=O)=O)NCc1ccc(F)c(C)c1.I. The van der Waals surface area contributed by atoms with Crippen molar-refractivity contribution in [1.82, 2.24) is 10.6 Å². The molecule has 0 saturated carbocycles. The molecule has 1 rings (SSSR count). The van der Waals surface area contributed by atoms with Gasteiger partial charge in [-0.2, -0.15) is 0 Å². The Morgan fingerprint density at radius 3 is 2.52 bits per heavy atom. The molecule has 0 radical (unpaired) electrons. The highest BCUT2D eigenvalue weighted by Crippen LogP contribution is 2.08. The summed E-state index contributed by atoms with van der Waals surface area (Å²) in [5, 5.41) is 5.95. The predicted octanol–water partition coefficient (Wildman–Crippen LogP) is 1.46. The first-order valence-corrected chi connectivity index (χ1v) is 8.25. The summed E-state index contributed by atoms with van der Waals surface area (Å²) in [5.41, 5.74) is 1.51. The molecule has 0 unspecified atom stereocenters. The number of benzene rings is 1. The van der Waals surface area contributed by atoms with Crippen molar-refractivity contribution in [3.8, 4) is 0 Å². The van der Waals surface area contributed by atoms with Crippen LogP contribution in [0.3, 0.4) is 0 Å². The zero-order chi connectivity index (χ0) is 15.2. The van der Waals surface area contributed by atoms with Gasteiger partial charge in [0.2, 0.25) is 0 Å². The molecule has 0 fully saturated rings. The van der Waals surface area contributed by atoms with E-state index in [0.717, 1.165) is 5.56 Å². The summed E-state index contributed by atoms with van der Waals surface area (Å²) in [6.07, 6.45) is 1.19. The molecule has 0 bridgehead atoms. The molecule has 0 aromatic heterocycles. The van der Waals surface area contributed by atoms with E-state index in [0.29, 0.717) is 24.6 Å². The van der Waals surface area contributed by atoms with Crippen molar-refractivity contribution in [2.24, 2.45) is 4.99 Å². The van der Waals surface area contributed by atoms with Crippen LogP contribution in [0.15, 0.2) is 23.2 Å². The molecule has 0 atom stereocenters. The first kappa shape index (κ1) is 20.1. The first-order valence-electron chi connectivity index (χ1n) is 6.19. The highest BCUT2D eigenvalue weighted by atomic mass is 127. The number of guanidine groups is 1. The Hall–Kier alpha value is -0.900. The fourth-order valence-electron chi connectivity index (χ4n) is 1.58. The normalized spacial score (nSPS) is 11.7. The highest BCUT2D eigenvalue weighted by molar-refractivity contribution is 14.0. The van der Waals surface area contributed by atoms with Crippen LogP contribution in [0.2, 0.25) is 0 Å². The quantitative estimate of drug-likeness (QED) is 0.423. The number of hydrogen-bond acceptors (Lipinski definition) is 3. The molecule has 120 valence electrons. The Kier molecular flexibility index (Phi) is 8.79. The lowest BCUT2D eigenvalue weighted by atomic mass is 10.1. The van der Waals surface area contributed by atoms with Gasteiger partial charge in [-0.15, -0.1) is 24.0 Å². The summed E-state index contributed by atoms with van der Waals surface area (Å²) in [5.74, 6) is 0.323. The average molecular weight is 429 g/mol. The van der Waals surface area contributed by atoms with E-state index in [4.69, 9.17) is 0 Å². The monoisotopic (exact) mass is 429 g/mol. The third-order valence-corrected chi connectivity index (χ3v) is 3.62. The minimum atomic E-state index is -2.99. The average Bonchev–Trinajstić information content (AvgIpc) is 2.36. The second-order valence-electron chi connectivity index (χ2n) is 4.57. The Morgan fingerprint density at radius 2 is 2.00 bits per heavy atom. The van der Waals surface area contributed by atoms with Crippen LogP contribution in [0.5, 0.6) is 0 Å². The van der Waals surface area contributed by atoms with Gasteiger partial charge in [-0.3, -0.25) is 4.99 Å². The Labute approximate surface area is 142 Å². The molecule has 1 aromatic carbocycles. The van der Waals surface area contributed by atoms with Gasteiger partial charge in [-0.05, 0) is 24.1 Å². The molecule has 0 heterocycles. The summed E-state index contributed by atoms with van der Waals surface area (Å²) in [6, 6.07) is 4.87. The lowest BCUT2D eigenvalue weighted by molar-refractivity contribution is 0.600. The molecule has 0 aliphatic rings. The lowest BCUT2D eigenvalue weighted by Gasteiger charge is -2.12. The Morgan fingerprint density at radius 1 is 1.33 bits per heavy atom. The van der Waals surface area contributed by atoms with Crippen LogP contribution in [0.1, 0.15) is 11.1 Å². The first-order chi connectivity index (χ1) is 9.31. The van der Waals surface area contributed by atoms with Gasteiger partial charge >= 0.3 is 0 Å². The van der Waals surface area contributed by atoms with Crippen LogP contribution in [0.25, 0.3) is 0 Å². The second kappa shape index (κ2) is 9.19. The van der Waals surface area contributed by atoms with E-state index in [9.17, 15) is 12.8 Å². The maximum Gasteiger partial charge on any atom is 0.191 e. The molecule has 0 spiro atoms. The molecule has 0 saturated heterocycles. The van der Waals surface area contributed by atoms with E-state index >= 15 is 0 Å². The van der Waals surface area contributed by atoms with E-state index < -0.39 is 9.84 Å². The van der Waals surface area contributed by atoms with Crippen molar-refractivity contribution in [2.45, 2.75) is 13.5 Å². The van der Waals surface area contributed by atoms with E-state index in [2.05, 4.69) is 15.6 Å². The van der Waals surface area contributed by atoms with Crippen molar-refractivity contribution in [3.63, 3.8) is 0 Å². The lowest BCUT2D eigenvalue weighted by Crippen LogP contribution is -2.39. The number of sulfone groups is 1. The number of aryl methyl sites for hydroxylation is 1. The van der Waals surface area contributed by atoms with Crippen LogP contribution in [-0.2, 0) is 16.4 Å². The van der Waals surface area contributed by atoms with Crippen molar-refractivity contribution in [1.29, 1.82) is 0 Å². The third kappa shape index (κ3) is 8.20. The van der Waals surface area contributed by atoms with Gasteiger partial charge in [0.15, 0.2) is 5.96 Å². The minimum Gasteiger partial charge on any atom is -0.355 e. The summed E-state index contributed by atoms with van der Waals surface area (Å²) >= 11 is 0. The molecule has 5 nitrogen and oxygen atoms in total. The van der Waals surface area contributed by atoms with E-state index in [1.807, 2.05) is 0 Å². The molecule has 0 aliphatic heterocycles. The van der Waals surface area contributed by atoms with Gasteiger partial charge in [-0.25, -0.2) is 12.8 Å². The summed E-state index contributed by atoms with van der Waals surface area (Å²) in [7, 11) is -1.39. The minimum absolute atomic E-state index is 0.